The average molecular weight is 313 g/mol. The summed E-state index contributed by atoms with van der Waals surface area (Å²) in [4.78, 5) is 0. The van der Waals surface area contributed by atoms with Crippen LogP contribution in [0.5, 0.6) is 0 Å². The van der Waals surface area contributed by atoms with Crippen LogP contribution in [0.2, 0.25) is 0 Å². The van der Waals surface area contributed by atoms with Gasteiger partial charge < -0.3 is 0 Å². The molecular formula is C11H14F3NO2S2. The van der Waals surface area contributed by atoms with Gasteiger partial charge in [0.05, 0.1) is 5.92 Å². The standard InChI is InChI=1S/C11H14F3NO2S2/c12-11(13,14)8-3-1-4-9(7-8)15-19(16,17)10-5-2-6-18-10/h2,5-6,8-9,15H,1,3-4,7H2/t8-,9+/m1/s1. The second-order valence-electron chi connectivity index (χ2n) is 4.66. The van der Waals surface area contributed by atoms with Crippen LogP contribution >= 0.6 is 11.3 Å². The Morgan fingerprint density at radius 3 is 2.63 bits per heavy atom. The van der Waals surface area contributed by atoms with E-state index in [1.54, 1.807) is 11.4 Å². The first kappa shape index (κ1) is 14.8. The summed E-state index contributed by atoms with van der Waals surface area (Å²) in [5, 5.41) is 1.62. The molecule has 2 rings (SSSR count). The highest BCUT2D eigenvalue weighted by Crippen LogP contribution is 2.37. The lowest BCUT2D eigenvalue weighted by Gasteiger charge is -2.30. The van der Waals surface area contributed by atoms with Crippen molar-refractivity contribution in [3.63, 3.8) is 0 Å². The van der Waals surface area contributed by atoms with Crippen LogP contribution in [-0.2, 0) is 10.0 Å². The van der Waals surface area contributed by atoms with Gasteiger partial charge in [0.2, 0.25) is 10.0 Å². The quantitative estimate of drug-likeness (QED) is 0.932. The molecular weight excluding hydrogens is 299 g/mol. The highest BCUT2D eigenvalue weighted by Gasteiger charge is 2.42. The zero-order valence-electron chi connectivity index (χ0n) is 9.98. The van der Waals surface area contributed by atoms with Gasteiger partial charge in [-0.15, -0.1) is 11.3 Å². The molecule has 0 bridgehead atoms. The lowest BCUT2D eigenvalue weighted by atomic mass is 9.86. The van der Waals surface area contributed by atoms with Crippen molar-refractivity contribution in [2.24, 2.45) is 5.92 Å². The van der Waals surface area contributed by atoms with Gasteiger partial charge in [-0.25, -0.2) is 13.1 Å². The third-order valence-electron chi connectivity index (χ3n) is 3.22. The number of sulfonamides is 1. The fourth-order valence-electron chi connectivity index (χ4n) is 2.29. The maximum absolute atomic E-state index is 12.6. The molecule has 1 heterocycles. The number of thiophene rings is 1. The van der Waals surface area contributed by atoms with Gasteiger partial charge in [0.15, 0.2) is 0 Å². The van der Waals surface area contributed by atoms with Crippen LogP contribution in [0.3, 0.4) is 0 Å². The molecule has 3 nitrogen and oxygen atoms in total. The predicted molar refractivity (Wildman–Crippen MR) is 66.4 cm³/mol. The van der Waals surface area contributed by atoms with Crippen LogP contribution in [0.15, 0.2) is 21.7 Å². The minimum Gasteiger partial charge on any atom is -0.207 e. The maximum Gasteiger partial charge on any atom is 0.391 e. The van der Waals surface area contributed by atoms with Crippen molar-refractivity contribution in [1.82, 2.24) is 4.72 Å². The fraction of sp³-hybridized carbons (Fsp3) is 0.636. The summed E-state index contributed by atoms with van der Waals surface area (Å²) in [5.74, 6) is -1.41. The molecule has 0 unspecified atom stereocenters. The summed E-state index contributed by atoms with van der Waals surface area (Å²) in [5.41, 5.74) is 0. The highest BCUT2D eigenvalue weighted by atomic mass is 32.2. The second kappa shape index (κ2) is 5.41. The Labute approximate surface area is 113 Å². The highest BCUT2D eigenvalue weighted by molar-refractivity contribution is 7.91. The lowest BCUT2D eigenvalue weighted by Crippen LogP contribution is -2.41. The van der Waals surface area contributed by atoms with Crippen molar-refractivity contribution >= 4 is 21.4 Å². The van der Waals surface area contributed by atoms with E-state index in [0.29, 0.717) is 12.8 Å². The number of nitrogens with one attached hydrogen (secondary N) is 1. The van der Waals surface area contributed by atoms with E-state index >= 15 is 0 Å². The molecule has 1 aromatic rings. The molecule has 0 amide bonds. The van der Waals surface area contributed by atoms with Crippen molar-refractivity contribution in [3.8, 4) is 0 Å². The van der Waals surface area contributed by atoms with Crippen LogP contribution in [0, 0.1) is 5.92 Å². The predicted octanol–water partition coefficient (Wildman–Crippen LogP) is 3.15. The van der Waals surface area contributed by atoms with Crippen LogP contribution in [0.25, 0.3) is 0 Å². The summed E-state index contributed by atoms with van der Waals surface area (Å²) in [6.07, 6.45) is -3.49. The normalized spacial score (nSPS) is 25.4. The average Bonchev–Trinajstić information content (AvgIpc) is 2.81. The minimum absolute atomic E-state index is 0.0841. The Kier molecular flexibility index (Phi) is 4.22. The summed E-state index contributed by atoms with van der Waals surface area (Å²) < 4.78 is 64.3. The number of rotatable bonds is 3. The van der Waals surface area contributed by atoms with E-state index in [-0.39, 0.29) is 17.1 Å². The Morgan fingerprint density at radius 2 is 2.05 bits per heavy atom. The zero-order chi connectivity index (χ0) is 14.1. The molecule has 1 N–H and O–H groups in total. The van der Waals surface area contributed by atoms with E-state index in [1.165, 1.54) is 6.07 Å². The minimum atomic E-state index is -4.24. The summed E-state index contributed by atoms with van der Waals surface area (Å²) >= 11 is 1.05. The first-order valence-corrected chi connectivity index (χ1v) is 8.28. The zero-order valence-corrected chi connectivity index (χ0v) is 11.6. The molecule has 1 saturated carbocycles. The SMILES string of the molecule is O=S(=O)(N[C@H]1CCC[C@@H](C(F)(F)F)C1)c1cccs1. The molecule has 0 spiro atoms. The van der Waals surface area contributed by atoms with Gasteiger partial charge in [-0.1, -0.05) is 12.5 Å². The van der Waals surface area contributed by atoms with E-state index in [0.717, 1.165) is 11.3 Å². The summed E-state index contributed by atoms with van der Waals surface area (Å²) in [6.45, 7) is 0. The molecule has 0 aromatic carbocycles. The monoisotopic (exact) mass is 313 g/mol. The fourth-order valence-corrected chi connectivity index (χ4v) is 4.58. The molecule has 108 valence electrons. The molecule has 19 heavy (non-hydrogen) atoms. The number of halogens is 3. The third-order valence-corrected chi connectivity index (χ3v) is 6.14. The van der Waals surface area contributed by atoms with Gasteiger partial charge in [0.1, 0.15) is 4.21 Å². The van der Waals surface area contributed by atoms with Crippen LogP contribution in [-0.4, -0.2) is 20.6 Å². The number of alkyl halides is 3. The first-order valence-electron chi connectivity index (χ1n) is 5.91. The van der Waals surface area contributed by atoms with E-state index < -0.39 is 28.2 Å². The van der Waals surface area contributed by atoms with Gasteiger partial charge in [0, 0.05) is 6.04 Å². The van der Waals surface area contributed by atoms with Crippen molar-refractivity contribution in [1.29, 1.82) is 0 Å². The van der Waals surface area contributed by atoms with Gasteiger partial charge in [-0.05, 0) is 30.7 Å². The smallest absolute Gasteiger partial charge is 0.207 e. The second-order valence-corrected chi connectivity index (χ2v) is 7.54. The van der Waals surface area contributed by atoms with Crippen molar-refractivity contribution in [2.75, 3.05) is 0 Å². The molecule has 0 saturated heterocycles. The van der Waals surface area contributed by atoms with Gasteiger partial charge in [-0.3, -0.25) is 0 Å². The molecule has 1 aromatic heterocycles. The van der Waals surface area contributed by atoms with Crippen molar-refractivity contribution in [2.45, 2.75) is 42.1 Å². The Morgan fingerprint density at radius 1 is 1.32 bits per heavy atom. The Balaban J connectivity index is 2.04. The summed E-state index contributed by atoms with van der Waals surface area (Å²) in [7, 11) is -3.68. The van der Waals surface area contributed by atoms with E-state index in [2.05, 4.69) is 4.72 Å². The molecule has 1 aliphatic carbocycles. The van der Waals surface area contributed by atoms with E-state index in [1.807, 2.05) is 0 Å². The molecule has 0 aliphatic heterocycles. The van der Waals surface area contributed by atoms with Crippen LogP contribution in [0.4, 0.5) is 13.2 Å². The van der Waals surface area contributed by atoms with Crippen molar-refractivity contribution in [3.05, 3.63) is 17.5 Å². The van der Waals surface area contributed by atoms with Crippen LogP contribution in [0.1, 0.15) is 25.7 Å². The molecule has 2 atom stereocenters. The lowest BCUT2D eigenvalue weighted by molar-refractivity contribution is -0.183. The van der Waals surface area contributed by atoms with Gasteiger partial charge in [0.25, 0.3) is 0 Å². The van der Waals surface area contributed by atoms with Crippen molar-refractivity contribution < 1.29 is 21.6 Å². The topological polar surface area (TPSA) is 46.2 Å². The largest absolute Gasteiger partial charge is 0.391 e. The molecule has 1 fully saturated rings. The first-order chi connectivity index (χ1) is 8.79. The van der Waals surface area contributed by atoms with E-state index in [4.69, 9.17) is 0 Å². The Hall–Kier alpha value is -0.600. The van der Waals surface area contributed by atoms with Gasteiger partial charge in [-0.2, -0.15) is 13.2 Å². The Bertz CT molecular complexity index is 511. The maximum atomic E-state index is 12.6. The molecule has 1 aliphatic rings. The third kappa shape index (κ3) is 3.70. The summed E-state index contributed by atoms with van der Waals surface area (Å²) in [6, 6.07) is 2.41. The molecule has 0 radical (unpaired) electrons. The molecule has 8 heteroatoms. The number of hydrogen-bond acceptors (Lipinski definition) is 3. The van der Waals surface area contributed by atoms with Crippen LogP contribution < -0.4 is 4.72 Å². The number of hydrogen-bond donors (Lipinski definition) is 1. The van der Waals surface area contributed by atoms with Gasteiger partial charge >= 0.3 is 6.18 Å². The van der Waals surface area contributed by atoms with E-state index in [9.17, 15) is 21.6 Å².